The van der Waals surface area contributed by atoms with Gasteiger partial charge in [0.1, 0.15) is 0 Å². The topological polar surface area (TPSA) is 18.5 Å². The summed E-state index contributed by atoms with van der Waals surface area (Å²) in [5, 5.41) is 0. The molecule has 2 unspecified atom stereocenters. The van der Waals surface area contributed by atoms with Crippen molar-refractivity contribution in [3.05, 3.63) is 0 Å². The highest BCUT2D eigenvalue weighted by molar-refractivity contribution is 6.18. The Bertz CT molecular complexity index is 102. The van der Waals surface area contributed by atoms with Gasteiger partial charge in [0.15, 0.2) is 0 Å². The van der Waals surface area contributed by atoms with Crippen LogP contribution in [0.15, 0.2) is 0 Å². The summed E-state index contributed by atoms with van der Waals surface area (Å²) < 4.78 is 10.7. The summed E-state index contributed by atoms with van der Waals surface area (Å²) in [6.45, 7) is 4.34. The van der Waals surface area contributed by atoms with Crippen LogP contribution < -0.4 is 0 Å². The molecule has 3 heteroatoms. The second kappa shape index (κ2) is 4.96. The van der Waals surface area contributed by atoms with Gasteiger partial charge in [-0.2, -0.15) is 0 Å². The zero-order valence-electron chi connectivity index (χ0n) is 6.88. The zero-order valence-corrected chi connectivity index (χ0v) is 7.64. The molecule has 1 fully saturated rings. The van der Waals surface area contributed by atoms with E-state index in [0.717, 1.165) is 26.2 Å². The fourth-order valence-electron chi connectivity index (χ4n) is 1.18. The van der Waals surface area contributed by atoms with Crippen molar-refractivity contribution < 1.29 is 9.47 Å². The highest BCUT2D eigenvalue weighted by Gasteiger charge is 2.16. The molecule has 0 saturated carbocycles. The fourth-order valence-corrected chi connectivity index (χ4v) is 1.31. The molecule has 0 aromatic rings. The van der Waals surface area contributed by atoms with Crippen LogP contribution in [0.4, 0.5) is 0 Å². The molecule has 2 atom stereocenters. The van der Waals surface area contributed by atoms with Crippen LogP contribution in [-0.2, 0) is 9.47 Å². The second-order valence-electron chi connectivity index (χ2n) is 3.06. The van der Waals surface area contributed by atoms with Crippen LogP contribution in [0, 0.1) is 5.92 Å². The minimum Gasteiger partial charge on any atom is -0.376 e. The third-order valence-electron chi connectivity index (χ3n) is 1.81. The molecule has 66 valence electrons. The van der Waals surface area contributed by atoms with Crippen molar-refractivity contribution in [3.8, 4) is 0 Å². The molecule has 0 radical (unpaired) electrons. The van der Waals surface area contributed by atoms with Gasteiger partial charge in [-0.25, -0.2) is 0 Å². The van der Waals surface area contributed by atoms with Gasteiger partial charge in [-0.15, -0.1) is 11.6 Å². The Kier molecular flexibility index (Phi) is 4.20. The maximum atomic E-state index is 5.67. The predicted molar refractivity (Wildman–Crippen MR) is 45.1 cm³/mol. The number of alkyl halides is 1. The molecule has 0 N–H and O–H groups in total. The Hall–Kier alpha value is 0.210. The predicted octanol–water partition coefficient (Wildman–Crippen LogP) is 1.67. The first-order valence-electron chi connectivity index (χ1n) is 4.08. The van der Waals surface area contributed by atoms with Crippen molar-refractivity contribution in [1.82, 2.24) is 0 Å². The molecule has 0 aromatic heterocycles. The number of hydrogen-bond acceptors (Lipinski definition) is 2. The fraction of sp³-hybridized carbons (Fsp3) is 1.00. The maximum Gasteiger partial charge on any atom is 0.0812 e. The van der Waals surface area contributed by atoms with Crippen molar-refractivity contribution >= 4 is 11.6 Å². The lowest BCUT2D eigenvalue weighted by Crippen LogP contribution is -2.30. The molecule has 1 aliphatic heterocycles. The van der Waals surface area contributed by atoms with Crippen molar-refractivity contribution in [1.29, 1.82) is 0 Å². The smallest absolute Gasteiger partial charge is 0.0812 e. The monoisotopic (exact) mass is 178 g/mol. The van der Waals surface area contributed by atoms with Gasteiger partial charge in [-0.3, -0.25) is 0 Å². The van der Waals surface area contributed by atoms with Gasteiger partial charge in [0.2, 0.25) is 0 Å². The summed E-state index contributed by atoms with van der Waals surface area (Å²) >= 11 is 5.67. The van der Waals surface area contributed by atoms with E-state index in [1.165, 1.54) is 0 Å². The van der Waals surface area contributed by atoms with E-state index in [1.54, 1.807) is 0 Å². The summed E-state index contributed by atoms with van der Waals surface area (Å²) in [5.74, 6) is 1.24. The van der Waals surface area contributed by atoms with Gasteiger partial charge in [0.25, 0.3) is 0 Å². The summed E-state index contributed by atoms with van der Waals surface area (Å²) in [6, 6.07) is 0. The third kappa shape index (κ3) is 3.41. The first kappa shape index (κ1) is 9.30. The minimum atomic E-state index is 0.275. The van der Waals surface area contributed by atoms with E-state index < -0.39 is 0 Å². The van der Waals surface area contributed by atoms with Crippen LogP contribution in [0.25, 0.3) is 0 Å². The van der Waals surface area contributed by atoms with Crippen molar-refractivity contribution in [2.75, 3.05) is 25.7 Å². The van der Waals surface area contributed by atoms with E-state index in [9.17, 15) is 0 Å². The number of ether oxygens (including phenoxy) is 2. The van der Waals surface area contributed by atoms with Crippen LogP contribution in [0.5, 0.6) is 0 Å². The van der Waals surface area contributed by atoms with Gasteiger partial charge in [-0.05, 0) is 12.3 Å². The Morgan fingerprint density at radius 1 is 1.55 bits per heavy atom. The molecule has 1 rings (SSSR count). The van der Waals surface area contributed by atoms with E-state index in [-0.39, 0.29) is 6.10 Å². The van der Waals surface area contributed by atoms with E-state index >= 15 is 0 Å². The summed E-state index contributed by atoms with van der Waals surface area (Å²) in [4.78, 5) is 0. The first-order chi connectivity index (χ1) is 5.33. The van der Waals surface area contributed by atoms with Crippen LogP contribution in [0.1, 0.15) is 13.3 Å². The molecular formula is C8H15ClO2. The molecular weight excluding hydrogens is 164 g/mol. The second-order valence-corrected chi connectivity index (χ2v) is 3.37. The molecule has 1 aliphatic rings. The summed E-state index contributed by atoms with van der Waals surface area (Å²) in [6.07, 6.45) is 1.29. The van der Waals surface area contributed by atoms with Crippen LogP contribution in [-0.4, -0.2) is 31.8 Å². The Labute approximate surface area is 72.8 Å². The lowest BCUT2D eigenvalue weighted by Gasteiger charge is -2.24. The largest absolute Gasteiger partial charge is 0.376 e. The lowest BCUT2D eigenvalue weighted by atomic mass is 10.1. The van der Waals surface area contributed by atoms with Gasteiger partial charge < -0.3 is 9.47 Å². The van der Waals surface area contributed by atoms with Crippen LogP contribution >= 0.6 is 11.6 Å². The SMILES string of the molecule is CC(CCl)CC1COCCO1. The highest BCUT2D eigenvalue weighted by Crippen LogP contribution is 2.13. The van der Waals surface area contributed by atoms with Gasteiger partial charge in [-0.1, -0.05) is 6.92 Å². The Balaban J connectivity index is 2.13. The standard InChI is InChI=1S/C8H15ClO2/c1-7(5-9)4-8-6-10-2-3-11-8/h7-8H,2-6H2,1H3. The molecule has 2 nitrogen and oxygen atoms in total. The maximum absolute atomic E-state index is 5.67. The molecule has 0 aromatic carbocycles. The minimum absolute atomic E-state index is 0.275. The molecule has 0 aliphatic carbocycles. The Morgan fingerprint density at radius 3 is 2.91 bits per heavy atom. The van der Waals surface area contributed by atoms with E-state index in [0.29, 0.717) is 11.8 Å². The number of rotatable bonds is 3. The van der Waals surface area contributed by atoms with Crippen LogP contribution in [0.3, 0.4) is 0 Å². The number of halogens is 1. The number of hydrogen-bond donors (Lipinski definition) is 0. The summed E-state index contributed by atoms with van der Waals surface area (Å²) in [5.41, 5.74) is 0. The van der Waals surface area contributed by atoms with Crippen molar-refractivity contribution in [3.63, 3.8) is 0 Å². The Morgan fingerprint density at radius 2 is 2.36 bits per heavy atom. The first-order valence-corrected chi connectivity index (χ1v) is 4.61. The van der Waals surface area contributed by atoms with Crippen molar-refractivity contribution in [2.24, 2.45) is 5.92 Å². The van der Waals surface area contributed by atoms with E-state index in [1.807, 2.05) is 0 Å². The molecule has 11 heavy (non-hydrogen) atoms. The highest BCUT2D eigenvalue weighted by atomic mass is 35.5. The van der Waals surface area contributed by atoms with Gasteiger partial charge in [0.05, 0.1) is 25.9 Å². The molecule has 1 heterocycles. The third-order valence-corrected chi connectivity index (χ3v) is 2.34. The lowest BCUT2D eigenvalue weighted by molar-refractivity contribution is -0.0942. The summed E-state index contributed by atoms with van der Waals surface area (Å²) in [7, 11) is 0. The van der Waals surface area contributed by atoms with Gasteiger partial charge >= 0.3 is 0 Å². The van der Waals surface area contributed by atoms with Crippen LogP contribution in [0.2, 0.25) is 0 Å². The molecule has 0 bridgehead atoms. The zero-order chi connectivity index (χ0) is 8.10. The molecule has 0 amide bonds. The molecule has 0 spiro atoms. The average Bonchev–Trinajstić information content (AvgIpc) is 2.06. The van der Waals surface area contributed by atoms with E-state index in [4.69, 9.17) is 21.1 Å². The molecule has 1 saturated heterocycles. The van der Waals surface area contributed by atoms with Gasteiger partial charge in [0, 0.05) is 5.88 Å². The normalized spacial score (nSPS) is 28.4. The van der Waals surface area contributed by atoms with Crippen molar-refractivity contribution in [2.45, 2.75) is 19.4 Å². The quantitative estimate of drug-likeness (QED) is 0.613. The van der Waals surface area contributed by atoms with E-state index in [2.05, 4.69) is 6.92 Å². The average molecular weight is 179 g/mol.